The molecule has 0 aliphatic carbocycles. The molecule has 0 amide bonds. The van der Waals surface area contributed by atoms with Crippen molar-refractivity contribution in [2.75, 3.05) is 5.88 Å². The van der Waals surface area contributed by atoms with E-state index in [1.165, 1.54) is 0 Å². The highest BCUT2D eigenvalue weighted by molar-refractivity contribution is 6.19. The van der Waals surface area contributed by atoms with Gasteiger partial charge >= 0.3 is 0 Å². The Labute approximate surface area is 77.3 Å². The van der Waals surface area contributed by atoms with E-state index in [9.17, 15) is 0 Å². The summed E-state index contributed by atoms with van der Waals surface area (Å²) in [5.41, 5.74) is 1.98. The Kier molecular flexibility index (Phi) is 3.18. The average molecular weight is 183 g/mol. The summed E-state index contributed by atoms with van der Waals surface area (Å²) in [6.07, 6.45) is 3.56. The predicted octanol–water partition coefficient (Wildman–Crippen LogP) is 3.48. The first-order chi connectivity index (χ1) is 5.74. The minimum atomic E-state index is 0.461. The first-order valence-corrected chi connectivity index (χ1v) is 4.23. The smallest absolute Gasteiger partial charge is 0.126 e. The van der Waals surface area contributed by atoms with E-state index in [1.54, 1.807) is 6.26 Å². The molecular formula is C10H11ClO. The van der Waals surface area contributed by atoms with Gasteiger partial charge in [0.15, 0.2) is 0 Å². The van der Waals surface area contributed by atoms with Crippen LogP contribution in [0.4, 0.5) is 0 Å². The lowest BCUT2D eigenvalue weighted by Crippen LogP contribution is -1.83. The standard InChI is InChI=1S/C10H11ClO/c1-8(9(2)7-11)6-10-4-3-5-12-10/h3-6H,2,7H2,1H3/b8-6+. The maximum Gasteiger partial charge on any atom is 0.126 e. The van der Waals surface area contributed by atoms with Gasteiger partial charge < -0.3 is 4.42 Å². The molecule has 0 unspecified atom stereocenters. The second kappa shape index (κ2) is 4.17. The lowest BCUT2D eigenvalue weighted by Gasteiger charge is -1.98. The third-order valence-electron chi connectivity index (χ3n) is 1.62. The van der Waals surface area contributed by atoms with Gasteiger partial charge in [0.05, 0.1) is 6.26 Å². The molecule has 1 aromatic heterocycles. The van der Waals surface area contributed by atoms with Crippen molar-refractivity contribution in [1.29, 1.82) is 0 Å². The van der Waals surface area contributed by atoms with Crippen LogP contribution in [0.15, 0.2) is 40.5 Å². The van der Waals surface area contributed by atoms with Crippen LogP contribution < -0.4 is 0 Å². The summed E-state index contributed by atoms with van der Waals surface area (Å²) in [5, 5.41) is 0. The highest BCUT2D eigenvalue weighted by atomic mass is 35.5. The molecule has 0 aliphatic heterocycles. The van der Waals surface area contributed by atoms with E-state index in [0.29, 0.717) is 5.88 Å². The SMILES string of the molecule is C=C(CCl)/C(C)=C/c1ccco1. The number of rotatable bonds is 3. The highest BCUT2D eigenvalue weighted by Gasteiger charge is 1.96. The van der Waals surface area contributed by atoms with Crippen LogP contribution >= 0.6 is 11.6 Å². The van der Waals surface area contributed by atoms with Crippen LogP contribution in [-0.2, 0) is 0 Å². The molecule has 0 aliphatic rings. The van der Waals surface area contributed by atoms with E-state index in [1.807, 2.05) is 25.1 Å². The van der Waals surface area contributed by atoms with Crippen molar-refractivity contribution in [3.05, 3.63) is 41.9 Å². The van der Waals surface area contributed by atoms with Crippen molar-refractivity contribution in [3.63, 3.8) is 0 Å². The van der Waals surface area contributed by atoms with Crippen molar-refractivity contribution in [2.45, 2.75) is 6.92 Å². The average Bonchev–Trinajstić information content (AvgIpc) is 2.55. The van der Waals surface area contributed by atoms with Crippen molar-refractivity contribution in [3.8, 4) is 0 Å². The van der Waals surface area contributed by atoms with Gasteiger partial charge in [0.2, 0.25) is 0 Å². The summed E-state index contributed by atoms with van der Waals surface area (Å²) < 4.78 is 5.14. The quantitative estimate of drug-likeness (QED) is 0.515. The van der Waals surface area contributed by atoms with E-state index in [-0.39, 0.29) is 0 Å². The van der Waals surface area contributed by atoms with Crippen LogP contribution in [0.3, 0.4) is 0 Å². The number of alkyl halides is 1. The summed E-state index contributed by atoms with van der Waals surface area (Å²) in [6.45, 7) is 5.78. The zero-order chi connectivity index (χ0) is 8.97. The van der Waals surface area contributed by atoms with Crippen molar-refractivity contribution >= 4 is 17.7 Å². The molecule has 0 aromatic carbocycles. The van der Waals surface area contributed by atoms with Crippen LogP contribution in [0, 0.1) is 0 Å². The Hall–Kier alpha value is -0.950. The second-order valence-electron chi connectivity index (χ2n) is 2.58. The number of allylic oxidation sites excluding steroid dienone is 2. The minimum absolute atomic E-state index is 0.461. The van der Waals surface area contributed by atoms with Crippen molar-refractivity contribution in [2.24, 2.45) is 0 Å². The first kappa shape index (κ1) is 9.14. The predicted molar refractivity (Wildman–Crippen MR) is 52.2 cm³/mol. The molecule has 12 heavy (non-hydrogen) atoms. The molecule has 1 nitrogen and oxygen atoms in total. The lowest BCUT2D eigenvalue weighted by atomic mass is 10.1. The van der Waals surface area contributed by atoms with Crippen molar-refractivity contribution in [1.82, 2.24) is 0 Å². The normalized spacial score (nSPS) is 11.7. The van der Waals surface area contributed by atoms with Crippen LogP contribution in [-0.4, -0.2) is 5.88 Å². The number of furan rings is 1. The van der Waals surface area contributed by atoms with Crippen LogP contribution in [0.2, 0.25) is 0 Å². The summed E-state index contributed by atoms with van der Waals surface area (Å²) in [7, 11) is 0. The molecule has 0 fully saturated rings. The van der Waals surface area contributed by atoms with E-state index >= 15 is 0 Å². The number of hydrogen-bond donors (Lipinski definition) is 0. The molecule has 64 valence electrons. The van der Waals surface area contributed by atoms with Crippen LogP contribution in [0.25, 0.3) is 6.08 Å². The van der Waals surface area contributed by atoms with E-state index in [0.717, 1.165) is 16.9 Å². The fourth-order valence-corrected chi connectivity index (χ4v) is 1.01. The van der Waals surface area contributed by atoms with Crippen molar-refractivity contribution < 1.29 is 4.42 Å². The fourth-order valence-electron chi connectivity index (χ4n) is 0.794. The van der Waals surface area contributed by atoms with Gasteiger partial charge in [0.25, 0.3) is 0 Å². The molecular weight excluding hydrogens is 172 g/mol. The molecule has 2 heteroatoms. The third-order valence-corrected chi connectivity index (χ3v) is 1.94. The molecule has 1 rings (SSSR count). The van der Waals surface area contributed by atoms with Gasteiger partial charge in [0, 0.05) is 5.88 Å². The summed E-state index contributed by atoms with van der Waals surface area (Å²) in [6, 6.07) is 3.74. The van der Waals surface area contributed by atoms with E-state index < -0.39 is 0 Å². The van der Waals surface area contributed by atoms with Gasteiger partial charge in [-0.25, -0.2) is 0 Å². The molecule has 0 radical (unpaired) electrons. The van der Waals surface area contributed by atoms with E-state index in [4.69, 9.17) is 16.0 Å². The molecule has 0 atom stereocenters. The second-order valence-corrected chi connectivity index (χ2v) is 2.85. The van der Waals surface area contributed by atoms with Gasteiger partial charge in [-0.2, -0.15) is 0 Å². The zero-order valence-corrected chi connectivity index (χ0v) is 7.77. The molecule has 1 aromatic rings. The fraction of sp³-hybridized carbons (Fsp3) is 0.200. The molecule has 0 saturated carbocycles. The highest BCUT2D eigenvalue weighted by Crippen LogP contribution is 2.13. The zero-order valence-electron chi connectivity index (χ0n) is 7.01. The largest absolute Gasteiger partial charge is 0.465 e. The lowest BCUT2D eigenvalue weighted by molar-refractivity contribution is 0.556. The molecule has 0 saturated heterocycles. The molecule has 0 N–H and O–H groups in total. The Morgan fingerprint density at radius 1 is 1.75 bits per heavy atom. The number of hydrogen-bond acceptors (Lipinski definition) is 1. The van der Waals surface area contributed by atoms with E-state index in [2.05, 4.69) is 6.58 Å². The summed E-state index contributed by atoms with van der Waals surface area (Å²) >= 11 is 5.62. The Morgan fingerprint density at radius 2 is 2.50 bits per heavy atom. The third kappa shape index (κ3) is 2.28. The van der Waals surface area contributed by atoms with Gasteiger partial charge in [-0.15, -0.1) is 11.6 Å². The Bertz CT molecular complexity index is 283. The topological polar surface area (TPSA) is 13.1 Å². The summed E-state index contributed by atoms with van der Waals surface area (Å²) in [5.74, 6) is 1.29. The number of halogens is 1. The monoisotopic (exact) mass is 182 g/mol. The molecule has 1 heterocycles. The maximum atomic E-state index is 5.62. The summed E-state index contributed by atoms with van der Waals surface area (Å²) in [4.78, 5) is 0. The molecule has 0 bridgehead atoms. The van der Waals surface area contributed by atoms with Crippen LogP contribution in [0.1, 0.15) is 12.7 Å². The molecule has 0 spiro atoms. The minimum Gasteiger partial charge on any atom is -0.465 e. The Morgan fingerprint density at radius 3 is 3.00 bits per heavy atom. The van der Waals surface area contributed by atoms with Gasteiger partial charge in [-0.05, 0) is 36.3 Å². The van der Waals surface area contributed by atoms with Gasteiger partial charge in [0.1, 0.15) is 5.76 Å². The first-order valence-electron chi connectivity index (χ1n) is 3.70. The van der Waals surface area contributed by atoms with Crippen LogP contribution in [0.5, 0.6) is 0 Å². The Balaban J connectivity index is 2.76. The maximum absolute atomic E-state index is 5.62. The van der Waals surface area contributed by atoms with Gasteiger partial charge in [-0.1, -0.05) is 6.58 Å². The van der Waals surface area contributed by atoms with Gasteiger partial charge in [-0.3, -0.25) is 0 Å².